The molecule has 1 aromatic heterocycles. The molecule has 20 heavy (non-hydrogen) atoms. The van der Waals surface area contributed by atoms with Crippen molar-refractivity contribution in [1.82, 2.24) is 9.88 Å². The number of aliphatic hydroxyl groups excluding tert-OH is 1. The number of hydrogen-bond acceptors (Lipinski definition) is 5. The molecule has 0 aromatic carbocycles. The Morgan fingerprint density at radius 1 is 1.45 bits per heavy atom. The molecule has 0 saturated heterocycles. The molecule has 0 spiro atoms. The second-order valence-corrected chi connectivity index (χ2v) is 5.91. The molecule has 7 heteroatoms. The molecule has 1 saturated carbocycles. The van der Waals surface area contributed by atoms with Gasteiger partial charge in [-0.3, -0.25) is 9.59 Å². The van der Waals surface area contributed by atoms with Crippen molar-refractivity contribution in [1.29, 1.82) is 0 Å². The number of carbonyl (C=O) groups is 2. The highest BCUT2D eigenvalue weighted by atomic mass is 32.1. The number of aromatic nitrogens is 1. The van der Waals surface area contributed by atoms with Crippen molar-refractivity contribution in [3.63, 3.8) is 0 Å². The summed E-state index contributed by atoms with van der Waals surface area (Å²) in [4.78, 5) is 28.9. The lowest BCUT2D eigenvalue weighted by Gasteiger charge is -2.34. The minimum absolute atomic E-state index is 0.151. The minimum Gasteiger partial charge on any atom is -0.391 e. The van der Waals surface area contributed by atoms with E-state index in [0.29, 0.717) is 10.8 Å². The SMILES string of the molecule is CC(=O)Nc1nc(C(=O)N(C)C2CCCCC2O)cs1. The van der Waals surface area contributed by atoms with Gasteiger partial charge in [0.15, 0.2) is 5.13 Å². The summed E-state index contributed by atoms with van der Waals surface area (Å²) >= 11 is 1.22. The van der Waals surface area contributed by atoms with Crippen molar-refractivity contribution in [2.75, 3.05) is 12.4 Å². The number of carbonyl (C=O) groups excluding carboxylic acids is 2. The topological polar surface area (TPSA) is 82.5 Å². The number of hydrogen-bond donors (Lipinski definition) is 2. The van der Waals surface area contributed by atoms with Crippen LogP contribution in [0.25, 0.3) is 0 Å². The van der Waals surface area contributed by atoms with Gasteiger partial charge in [0.25, 0.3) is 5.91 Å². The molecule has 110 valence electrons. The average molecular weight is 297 g/mol. The minimum atomic E-state index is -0.467. The van der Waals surface area contributed by atoms with Crippen LogP contribution in [0, 0.1) is 0 Å². The van der Waals surface area contributed by atoms with E-state index in [2.05, 4.69) is 10.3 Å². The lowest BCUT2D eigenvalue weighted by atomic mass is 9.91. The Morgan fingerprint density at radius 3 is 2.80 bits per heavy atom. The van der Waals surface area contributed by atoms with Gasteiger partial charge < -0.3 is 15.3 Å². The van der Waals surface area contributed by atoms with E-state index >= 15 is 0 Å². The Labute approximate surface area is 121 Å². The molecular weight excluding hydrogens is 278 g/mol. The first kappa shape index (κ1) is 14.9. The lowest BCUT2D eigenvalue weighted by Crippen LogP contribution is -2.46. The number of thiazole rings is 1. The second-order valence-electron chi connectivity index (χ2n) is 5.05. The van der Waals surface area contributed by atoms with Crippen LogP contribution in [0.1, 0.15) is 43.1 Å². The van der Waals surface area contributed by atoms with Gasteiger partial charge in [0.2, 0.25) is 5.91 Å². The Kier molecular flexibility index (Phi) is 4.72. The van der Waals surface area contributed by atoms with Gasteiger partial charge in [-0.15, -0.1) is 11.3 Å². The van der Waals surface area contributed by atoms with Crippen molar-refractivity contribution < 1.29 is 14.7 Å². The van der Waals surface area contributed by atoms with E-state index in [9.17, 15) is 14.7 Å². The van der Waals surface area contributed by atoms with Gasteiger partial charge in [-0.05, 0) is 12.8 Å². The standard InChI is InChI=1S/C13H19N3O3S/c1-8(17)14-13-15-9(7-20-13)12(19)16(2)10-5-3-4-6-11(10)18/h7,10-11,18H,3-6H2,1-2H3,(H,14,15,17). The molecule has 1 aliphatic carbocycles. The third-order valence-corrected chi connectivity index (χ3v) is 4.28. The van der Waals surface area contributed by atoms with E-state index in [0.717, 1.165) is 25.7 Å². The summed E-state index contributed by atoms with van der Waals surface area (Å²) in [7, 11) is 1.69. The Hall–Kier alpha value is -1.47. The largest absolute Gasteiger partial charge is 0.391 e. The molecule has 1 aromatic rings. The van der Waals surface area contributed by atoms with E-state index in [-0.39, 0.29) is 17.9 Å². The summed E-state index contributed by atoms with van der Waals surface area (Å²) in [6.45, 7) is 1.40. The van der Waals surface area contributed by atoms with Gasteiger partial charge in [0.1, 0.15) is 5.69 Å². The fraction of sp³-hybridized carbons (Fsp3) is 0.615. The number of anilines is 1. The average Bonchev–Trinajstić information content (AvgIpc) is 2.85. The molecule has 1 heterocycles. The zero-order chi connectivity index (χ0) is 14.7. The van der Waals surface area contributed by atoms with Gasteiger partial charge in [0, 0.05) is 19.4 Å². The smallest absolute Gasteiger partial charge is 0.273 e. The third-order valence-electron chi connectivity index (χ3n) is 3.52. The van der Waals surface area contributed by atoms with Gasteiger partial charge in [0.05, 0.1) is 12.1 Å². The highest BCUT2D eigenvalue weighted by Crippen LogP contribution is 2.24. The summed E-state index contributed by atoms with van der Waals surface area (Å²) in [5.41, 5.74) is 0.305. The first-order chi connectivity index (χ1) is 9.49. The first-order valence-electron chi connectivity index (χ1n) is 6.67. The van der Waals surface area contributed by atoms with Crippen LogP contribution < -0.4 is 5.32 Å². The van der Waals surface area contributed by atoms with E-state index < -0.39 is 6.10 Å². The quantitative estimate of drug-likeness (QED) is 0.885. The number of nitrogens with one attached hydrogen (secondary N) is 1. The van der Waals surface area contributed by atoms with Crippen LogP contribution in [-0.2, 0) is 4.79 Å². The van der Waals surface area contributed by atoms with Crippen LogP contribution in [0.4, 0.5) is 5.13 Å². The maximum Gasteiger partial charge on any atom is 0.273 e. The van der Waals surface area contributed by atoms with Crippen molar-refractivity contribution in [3.05, 3.63) is 11.1 Å². The molecular formula is C13H19N3O3S. The van der Waals surface area contributed by atoms with E-state index in [1.165, 1.54) is 18.3 Å². The first-order valence-corrected chi connectivity index (χ1v) is 7.55. The number of likely N-dealkylation sites (N-methyl/N-ethyl adjacent to an activating group) is 1. The van der Waals surface area contributed by atoms with Crippen LogP contribution in [0.15, 0.2) is 5.38 Å². The highest BCUT2D eigenvalue weighted by Gasteiger charge is 2.30. The molecule has 2 atom stereocenters. The molecule has 0 radical (unpaired) electrons. The van der Waals surface area contributed by atoms with Gasteiger partial charge in [-0.1, -0.05) is 12.8 Å². The zero-order valence-electron chi connectivity index (χ0n) is 11.6. The predicted molar refractivity (Wildman–Crippen MR) is 76.8 cm³/mol. The molecule has 0 bridgehead atoms. The van der Waals surface area contributed by atoms with Crippen molar-refractivity contribution >= 4 is 28.3 Å². The number of rotatable bonds is 3. The van der Waals surface area contributed by atoms with Crippen molar-refractivity contribution in [2.45, 2.75) is 44.8 Å². The summed E-state index contributed by atoms with van der Waals surface area (Å²) in [5.74, 6) is -0.432. The summed E-state index contributed by atoms with van der Waals surface area (Å²) < 4.78 is 0. The van der Waals surface area contributed by atoms with Crippen LogP contribution in [-0.4, -0.2) is 46.0 Å². The monoisotopic (exact) mass is 297 g/mol. The van der Waals surface area contributed by atoms with Crippen LogP contribution in [0.5, 0.6) is 0 Å². The Balaban J connectivity index is 2.06. The van der Waals surface area contributed by atoms with E-state index in [1.807, 2.05) is 0 Å². The van der Waals surface area contributed by atoms with Gasteiger partial charge >= 0.3 is 0 Å². The Bertz CT molecular complexity index is 503. The Morgan fingerprint density at radius 2 is 2.15 bits per heavy atom. The van der Waals surface area contributed by atoms with Crippen LogP contribution in [0.3, 0.4) is 0 Å². The molecule has 2 unspecified atom stereocenters. The normalized spacial score (nSPS) is 22.4. The maximum atomic E-state index is 12.3. The van der Waals surface area contributed by atoms with E-state index in [4.69, 9.17) is 0 Å². The molecule has 2 N–H and O–H groups in total. The van der Waals surface area contributed by atoms with Gasteiger partial charge in [-0.2, -0.15) is 0 Å². The number of amides is 2. The molecule has 1 fully saturated rings. The molecule has 2 rings (SSSR count). The number of nitrogens with zero attached hydrogens (tertiary/aromatic N) is 2. The van der Waals surface area contributed by atoms with Crippen molar-refractivity contribution in [2.24, 2.45) is 0 Å². The lowest BCUT2D eigenvalue weighted by molar-refractivity contribution is -0.114. The fourth-order valence-electron chi connectivity index (χ4n) is 2.45. The summed E-state index contributed by atoms with van der Waals surface area (Å²) in [5, 5.41) is 14.6. The van der Waals surface area contributed by atoms with Gasteiger partial charge in [-0.25, -0.2) is 4.98 Å². The zero-order valence-corrected chi connectivity index (χ0v) is 12.4. The molecule has 0 aliphatic heterocycles. The van der Waals surface area contributed by atoms with Crippen LogP contribution >= 0.6 is 11.3 Å². The predicted octanol–water partition coefficient (Wildman–Crippen LogP) is 1.48. The van der Waals surface area contributed by atoms with E-state index in [1.54, 1.807) is 17.3 Å². The van der Waals surface area contributed by atoms with Crippen LogP contribution in [0.2, 0.25) is 0 Å². The number of aliphatic hydroxyl groups is 1. The summed E-state index contributed by atoms with van der Waals surface area (Å²) in [6, 6.07) is -0.151. The molecule has 1 aliphatic rings. The molecule has 6 nitrogen and oxygen atoms in total. The van der Waals surface area contributed by atoms with Crippen molar-refractivity contribution in [3.8, 4) is 0 Å². The third kappa shape index (κ3) is 3.34. The maximum absolute atomic E-state index is 12.3. The second kappa shape index (κ2) is 6.32. The fourth-order valence-corrected chi connectivity index (χ4v) is 3.19. The highest BCUT2D eigenvalue weighted by molar-refractivity contribution is 7.14. The molecule has 2 amide bonds. The summed E-state index contributed by atoms with van der Waals surface area (Å²) in [6.07, 6.45) is 3.10.